The third-order valence-electron chi connectivity index (χ3n) is 4.20. The van der Waals surface area contributed by atoms with E-state index in [1.54, 1.807) is 13.2 Å². The van der Waals surface area contributed by atoms with Crippen LogP contribution in [-0.4, -0.2) is 36.6 Å². The Balaban J connectivity index is 2.19. The topological polar surface area (TPSA) is 83.6 Å². The van der Waals surface area contributed by atoms with Crippen molar-refractivity contribution in [3.05, 3.63) is 51.8 Å². The first kappa shape index (κ1) is 20.0. The van der Waals surface area contributed by atoms with Crippen molar-refractivity contribution in [3.63, 3.8) is 0 Å². The van der Waals surface area contributed by atoms with E-state index in [-0.39, 0.29) is 29.7 Å². The van der Waals surface area contributed by atoms with Crippen LogP contribution in [0.15, 0.2) is 24.3 Å². The molecular weight excluding hydrogens is 356 g/mol. The molecule has 0 unspecified atom stereocenters. The zero-order chi connectivity index (χ0) is 19.4. The van der Waals surface area contributed by atoms with Gasteiger partial charge in [0.05, 0.1) is 18.2 Å². The fraction of sp³-hybridized carbons (Fsp3) is 0.368. The number of ketones is 1. The Morgan fingerprint density at radius 2 is 1.92 bits per heavy atom. The summed E-state index contributed by atoms with van der Waals surface area (Å²) in [5, 5.41) is 0.369. The Hall–Kier alpha value is -2.31. The fourth-order valence-electron chi connectivity index (χ4n) is 3.10. The molecule has 2 N–H and O–H groups in total. The van der Waals surface area contributed by atoms with Crippen LogP contribution in [-0.2, 0) is 4.74 Å². The number of Topliss-reactive ketones (excluding diaryl/α,β-unsaturated/α-hetero) is 1. The Morgan fingerprint density at radius 3 is 2.54 bits per heavy atom. The van der Waals surface area contributed by atoms with Crippen LogP contribution in [0.4, 0.5) is 0 Å². The number of rotatable bonds is 8. The summed E-state index contributed by atoms with van der Waals surface area (Å²) in [6.45, 7) is 6.21. The molecule has 0 bridgehead atoms. The van der Waals surface area contributed by atoms with Gasteiger partial charge in [-0.25, -0.2) is 0 Å². The van der Waals surface area contributed by atoms with Gasteiger partial charge in [-0.1, -0.05) is 11.6 Å². The molecule has 1 heterocycles. The third-order valence-corrected chi connectivity index (χ3v) is 4.43. The monoisotopic (exact) mass is 378 g/mol. The van der Waals surface area contributed by atoms with Crippen LogP contribution in [0.2, 0.25) is 5.02 Å². The molecule has 1 aromatic heterocycles. The second kappa shape index (κ2) is 8.38. The van der Waals surface area contributed by atoms with E-state index in [0.717, 1.165) is 11.4 Å². The number of primary amides is 1. The Bertz CT molecular complexity index is 829. The first-order valence-corrected chi connectivity index (χ1v) is 8.56. The normalized spacial score (nSPS) is 12.0. The summed E-state index contributed by atoms with van der Waals surface area (Å²) in [6, 6.07) is 6.47. The van der Waals surface area contributed by atoms with Crippen molar-refractivity contribution in [1.82, 2.24) is 4.57 Å². The van der Waals surface area contributed by atoms with Crippen LogP contribution >= 0.6 is 11.6 Å². The van der Waals surface area contributed by atoms with Crippen LogP contribution in [0.5, 0.6) is 5.75 Å². The highest BCUT2D eigenvalue weighted by atomic mass is 35.5. The zero-order valence-electron chi connectivity index (χ0n) is 15.3. The number of nitrogens with two attached hydrogens (primary N) is 1. The van der Waals surface area contributed by atoms with Crippen LogP contribution in [0, 0.1) is 13.8 Å². The van der Waals surface area contributed by atoms with Gasteiger partial charge in [0, 0.05) is 29.1 Å². The summed E-state index contributed by atoms with van der Waals surface area (Å²) >= 11 is 5.87. The standard InChI is InChI=1S/C19H23ClN2O4/c1-11-7-15(13(3)22(11)12(2)9-25-4)17(23)10-26-18-6-5-14(20)8-16(18)19(21)24/h5-8,12H,9-10H2,1-4H3,(H2,21,24)/t12-/m0/s1. The average Bonchev–Trinajstić information content (AvgIpc) is 2.88. The number of methoxy groups -OCH3 is 1. The predicted molar refractivity (Wildman–Crippen MR) is 100 cm³/mol. The maximum absolute atomic E-state index is 12.6. The second-order valence-electron chi connectivity index (χ2n) is 6.18. The molecule has 26 heavy (non-hydrogen) atoms. The highest BCUT2D eigenvalue weighted by Crippen LogP contribution is 2.24. The molecular formula is C19H23ClN2O4. The largest absolute Gasteiger partial charge is 0.485 e. The number of halogens is 1. The number of aryl methyl sites for hydroxylation is 1. The van der Waals surface area contributed by atoms with Gasteiger partial charge in [0.1, 0.15) is 5.75 Å². The van der Waals surface area contributed by atoms with E-state index >= 15 is 0 Å². The molecule has 0 radical (unpaired) electrons. The third kappa shape index (κ3) is 4.26. The molecule has 0 spiro atoms. The minimum atomic E-state index is -0.665. The van der Waals surface area contributed by atoms with Gasteiger partial charge in [-0.3, -0.25) is 9.59 Å². The first-order valence-electron chi connectivity index (χ1n) is 8.19. The van der Waals surface area contributed by atoms with Crippen LogP contribution in [0.25, 0.3) is 0 Å². The van der Waals surface area contributed by atoms with E-state index in [2.05, 4.69) is 4.57 Å². The van der Waals surface area contributed by atoms with Crippen molar-refractivity contribution in [3.8, 4) is 5.75 Å². The number of aromatic nitrogens is 1. The molecule has 1 atom stereocenters. The molecule has 0 fully saturated rings. The zero-order valence-corrected chi connectivity index (χ0v) is 16.1. The summed E-state index contributed by atoms with van der Waals surface area (Å²) < 4.78 is 12.8. The van der Waals surface area contributed by atoms with Gasteiger partial charge in [0.2, 0.25) is 5.78 Å². The quantitative estimate of drug-likeness (QED) is 0.714. The molecule has 0 aliphatic heterocycles. The number of ether oxygens (including phenoxy) is 2. The van der Waals surface area contributed by atoms with Crippen LogP contribution in [0.3, 0.4) is 0 Å². The average molecular weight is 379 g/mol. The van der Waals surface area contributed by atoms with E-state index < -0.39 is 5.91 Å². The predicted octanol–water partition coefficient (Wildman–Crippen LogP) is 3.33. The van der Waals surface area contributed by atoms with Gasteiger partial charge in [0.15, 0.2) is 6.61 Å². The number of carbonyl (C=O) groups is 2. The van der Waals surface area contributed by atoms with Gasteiger partial charge < -0.3 is 19.8 Å². The summed E-state index contributed by atoms with van der Waals surface area (Å²) in [4.78, 5) is 24.1. The Labute approximate surface area is 157 Å². The maximum Gasteiger partial charge on any atom is 0.252 e. The van der Waals surface area contributed by atoms with E-state index in [9.17, 15) is 9.59 Å². The molecule has 1 amide bonds. The highest BCUT2D eigenvalue weighted by molar-refractivity contribution is 6.31. The van der Waals surface area contributed by atoms with Crippen molar-refractivity contribution in [2.45, 2.75) is 26.8 Å². The minimum absolute atomic E-state index is 0.111. The number of nitrogens with zero attached hydrogens (tertiary/aromatic N) is 1. The Kier molecular flexibility index (Phi) is 6.45. The fourth-order valence-corrected chi connectivity index (χ4v) is 3.27. The number of carbonyl (C=O) groups excluding carboxylic acids is 2. The van der Waals surface area contributed by atoms with Crippen molar-refractivity contribution < 1.29 is 19.1 Å². The molecule has 0 saturated heterocycles. The number of hydrogen-bond donors (Lipinski definition) is 1. The number of amides is 1. The van der Waals surface area contributed by atoms with E-state index in [1.165, 1.54) is 12.1 Å². The van der Waals surface area contributed by atoms with E-state index in [4.69, 9.17) is 26.8 Å². The van der Waals surface area contributed by atoms with E-state index in [0.29, 0.717) is 17.2 Å². The minimum Gasteiger partial charge on any atom is -0.485 e. The lowest BCUT2D eigenvalue weighted by molar-refractivity contribution is 0.0911. The molecule has 2 aromatic rings. The van der Waals surface area contributed by atoms with Crippen molar-refractivity contribution in [2.24, 2.45) is 5.73 Å². The van der Waals surface area contributed by atoms with Gasteiger partial charge in [-0.15, -0.1) is 0 Å². The Morgan fingerprint density at radius 1 is 1.23 bits per heavy atom. The SMILES string of the molecule is COC[C@H](C)n1c(C)cc(C(=O)COc2ccc(Cl)cc2C(N)=O)c1C. The molecule has 0 aliphatic rings. The molecule has 140 valence electrons. The van der Waals surface area contributed by atoms with Crippen LogP contribution in [0.1, 0.15) is 45.1 Å². The van der Waals surface area contributed by atoms with Crippen molar-refractivity contribution >= 4 is 23.3 Å². The van der Waals surface area contributed by atoms with Gasteiger partial charge >= 0.3 is 0 Å². The smallest absolute Gasteiger partial charge is 0.252 e. The first-order chi connectivity index (χ1) is 12.3. The van der Waals surface area contributed by atoms with Crippen LogP contribution < -0.4 is 10.5 Å². The molecule has 0 saturated carbocycles. The lowest BCUT2D eigenvalue weighted by atomic mass is 10.1. The van der Waals surface area contributed by atoms with Crippen molar-refractivity contribution in [1.29, 1.82) is 0 Å². The lowest BCUT2D eigenvalue weighted by Gasteiger charge is -2.17. The summed E-state index contributed by atoms with van der Waals surface area (Å²) in [5.41, 5.74) is 7.88. The summed E-state index contributed by atoms with van der Waals surface area (Å²) in [7, 11) is 1.65. The number of hydrogen-bond acceptors (Lipinski definition) is 4. The molecule has 1 aromatic carbocycles. The molecule has 6 nitrogen and oxygen atoms in total. The lowest BCUT2D eigenvalue weighted by Crippen LogP contribution is -2.18. The maximum atomic E-state index is 12.6. The highest BCUT2D eigenvalue weighted by Gasteiger charge is 2.20. The number of benzene rings is 1. The summed E-state index contributed by atoms with van der Waals surface area (Å²) in [6.07, 6.45) is 0. The summed E-state index contributed by atoms with van der Waals surface area (Å²) in [5.74, 6) is -0.613. The second-order valence-corrected chi connectivity index (χ2v) is 6.61. The molecule has 0 aliphatic carbocycles. The van der Waals surface area contributed by atoms with Gasteiger partial charge in [-0.2, -0.15) is 0 Å². The van der Waals surface area contributed by atoms with Gasteiger partial charge in [-0.05, 0) is 45.0 Å². The molecule has 7 heteroatoms. The van der Waals surface area contributed by atoms with Crippen molar-refractivity contribution in [2.75, 3.05) is 20.3 Å². The van der Waals surface area contributed by atoms with E-state index in [1.807, 2.05) is 26.8 Å². The molecule has 2 rings (SSSR count). The van der Waals surface area contributed by atoms with Gasteiger partial charge in [0.25, 0.3) is 5.91 Å².